The highest BCUT2D eigenvalue weighted by Gasteiger charge is 2.24. The van der Waals surface area contributed by atoms with Crippen molar-refractivity contribution in [2.45, 2.75) is 38.8 Å². The number of aliphatic hydroxyl groups excluding tert-OH is 1. The molecule has 0 amide bonds. The molecule has 0 aliphatic heterocycles. The van der Waals surface area contributed by atoms with Gasteiger partial charge in [0.05, 0.1) is 6.61 Å². The van der Waals surface area contributed by atoms with E-state index in [4.69, 9.17) is 10.2 Å². The Hall–Kier alpha value is -0.320. The maximum Gasteiger partial charge on any atom is 0.320 e. The Bertz CT molecular complexity index is 161. The Morgan fingerprint density at radius 3 is 2.23 bits per heavy atom. The summed E-state index contributed by atoms with van der Waals surface area (Å²) in [5, 5.41) is 20.4. The van der Waals surface area contributed by atoms with Crippen LogP contribution in [0.5, 0.6) is 0 Å². The van der Waals surface area contributed by atoms with Crippen molar-refractivity contribution in [1.82, 2.24) is 5.32 Å². The van der Waals surface area contributed by atoms with Gasteiger partial charge in [-0.15, -0.1) is 12.4 Å². The molecular formula is C8H18ClNO3. The lowest BCUT2D eigenvalue weighted by Gasteiger charge is -2.27. The molecule has 0 aromatic heterocycles. The fourth-order valence-electron chi connectivity index (χ4n) is 0.856. The van der Waals surface area contributed by atoms with E-state index in [-0.39, 0.29) is 19.0 Å². The van der Waals surface area contributed by atoms with E-state index >= 15 is 0 Å². The Labute approximate surface area is 84.7 Å². The number of carboxylic acids is 1. The maximum atomic E-state index is 10.6. The molecule has 80 valence electrons. The third-order valence-corrected chi connectivity index (χ3v) is 1.67. The van der Waals surface area contributed by atoms with E-state index in [2.05, 4.69) is 5.32 Å². The van der Waals surface area contributed by atoms with Gasteiger partial charge >= 0.3 is 5.97 Å². The molecule has 0 aliphatic carbocycles. The van der Waals surface area contributed by atoms with Gasteiger partial charge in [-0.25, -0.2) is 0 Å². The van der Waals surface area contributed by atoms with Crippen LogP contribution < -0.4 is 5.32 Å². The summed E-state index contributed by atoms with van der Waals surface area (Å²) in [6.07, 6.45) is 0.513. The Morgan fingerprint density at radius 2 is 2.00 bits per heavy atom. The second-order valence-corrected chi connectivity index (χ2v) is 3.49. The van der Waals surface area contributed by atoms with Gasteiger partial charge in [0.2, 0.25) is 0 Å². The van der Waals surface area contributed by atoms with Crippen LogP contribution in [0, 0.1) is 0 Å². The van der Waals surface area contributed by atoms with Crippen molar-refractivity contribution in [3.63, 3.8) is 0 Å². The van der Waals surface area contributed by atoms with Gasteiger partial charge in [0.1, 0.15) is 6.04 Å². The summed E-state index contributed by atoms with van der Waals surface area (Å²) in [4.78, 5) is 10.6. The van der Waals surface area contributed by atoms with Gasteiger partial charge in [-0.1, -0.05) is 6.92 Å². The number of halogens is 1. The summed E-state index contributed by atoms with van der Waals surface area (Å²) < 4.78 is 0. The third kappa shape index (κ3) is 5.85. The number of carbonyl (C=O) groups is 1. The van der Waals surface area contributed by atoms with E-state index in [0.29, 0.717) is 6.42 Å². The highest BCUT2D eigenvalue weighted by atomic mass is 35.5. The predicted molar refractivity (Wildman–Crippen MR) is 53.3 cm³/mol. The molecule has 0 saturated carbocycles. The Morgan fingerprint density at radius 1 is 1.54 bits per heavy atom. The first-order chi connectivity index (χ1) is 5.43. The van der Waals surface area contributed by atoms with Crippen molar-refractivity contribution in [3.8, 4) is 0 Å². The molecule has 0 aromatic carbocycles. The summed E-state index contributed by atoms with van der Waals surface area (Å²) in [6.45, 7) is 5.24. The smallest absolute Gasteiger partial charge is 0.320 e. The van der Waals surface area contributed by atoms with Crippen LogP contribution >= 0.6 is 12.4 Å². The average Bonchev–Trinajstić information content (AvgIpc) is 2.00. The molecule has 0 spiro atoms. The lowest BCUT2D eigenvalue weighted by molar-refractivity contribution is -0.140. The van der Waals surface area contributed by atoms with Crippen LogP contribution in [0.3, 0.4) is 0 Å². The second-order valence-electron chi connectivity index (χ2n) is 3.49. The van der Waals surface area contributed by atoms with Crippen molar-refractivity contribution in [1.29, 1.82) is 0 Å². The molecule has 0 heterocycles. The van der Waals surface area contributed by atoms with E-state index in [1.807, 2.05) is 0 Å². The predicted octanol–water partition coefficient (Wildman–Crippen LogP) is 0.632. The molecule has 3 N–H and O–H groups in total. The number of nitrogens with one attached hydrogen (secondary N) is 1. The first-order valence-electron chi connectivity index (χ1n) is 4.04. The van der Waals surface area contributed by atoms with Crippen molar-refractivity contribution < 1.29 is 15.0 Å². The topological polar surface area (TPSA) is 69.6 Å². The molecule has 0 radical (unpaired) electrons. The minimum atomic E-state index is -0.876. The summed E-state index contributed by atoms with van der Waals surface area (Å²) in [7, 11) is 0. The van der Waals surface area contributed by atoms with Crippen molar-refractivity contribution in [3.05, 3.63) is 0 Å². The zero-order chi connectivity index (χ0) is 9.78. The molecule has 5 heteroatoms. The number of aliphatic hydroxyl groups is 1. The fraction of sp³-hybridized carbons (Fsp3) is 0.875. The molecule has 13 heavy (non-hydrogen) atoms. The van der Waals surface area contributed by atoms with Crippen LogP contribution in [0.2, 0.25) is 0 Å². The highest BCUT2D eigenvalue weighted by molar-refractivity contribution is 5.85. The summed E-state index contributed by atoms with van der Waals surface area (Å²) >= 11 is 0. The quantitative estimate of drug-likeness (QED) is 0.624. The molecule has 0 fully saturated rings. The van der Waals surface area contributed by atoms with Crippen molar-refractivity contribution >= 4 is 18.4 Å². The molecule has 0 aromatic rings. The van der Waals surface area contributed by atoms with Crippen LogP contribution in [0.4, 0.5) is 0 Å². The first kappa shape index (κ1) is 15.2. The van der Waals surface area contributed by atoms with E-state index in [1.165, 1.54) is 0 Å². The van der Waals surface area contributed by atoms with Crippen LogP contribution in [0.15, 0.2) is 0 Å². The largest absolute Gasteiger partial charge is 0.480 e. The SMILES string of the molecule is CCC(NC(C)(C)CO)C(=O)O.Cl. The highest BCUT2D eigenvalue weighted by Crippen LogP contribution is 2.04. The zero-order valence-corrected chi connectivity index (χ0v) is 9.02. The summed E-state index contributed by atoms with van der Waals surface area (Å²) in [6, 6.07) is -0.577. The summed E-state index contributed by atoms with van der Waals surface area (Å²) in [5.41, 5.74) is -0.529. The van der Waals surface area contributed by atoms with Crippen LogP contribution in [0.1, 0.15) is 27.2 Å². The molecule has 4 nitrogen and oxygen atoms in total. The fourth-order valence-corrected chi connectivity index (χ4v) is 0.856. The summed E-state index contributed by atoms with van der Waals surface area (Å²) in [5.74, 6) is -0.876. The molecule has 0 saturated heterocycles. The lowest BCUT2D eigenvalue weighted by Crippen LogP contribution is -2.51. The molecule has 1 unspecified atom stereocenters. The lowest BCUT2D eigenvalue weighted by atomic mass is 10.0. The number of rotatable bonds is 5. The molecule has 0 bridgehead atoms. The second kappa shape index (κ2) is 6.18. The average molecular weight is 212 g/mol. The van der Waals surface area contributed by atoms with Gasteiger partial charge in [-0.2, -0.15) is 0 Å². The number of hydrogen-bond donors (Lipinski definition) is 3. The van der Waals surface area contributed by atoms with Gasteiger partial charge < -0.3 is 10.2 Å². The monoisotopic (exact) mass is 211 g/mol. The number of aliphatic carboxylic acids is 1. The number of carboxylic acid groups (broad SMARTS) is 1. The minimum absolute atomic E-state index is 0. The van der Waals surface area contributed by atoms with Crippen molar-refractivity contribution in [2.24, 2.45) is 0 Å². The van der Waals surface area contributed by atoms with Gasteiger partial charge in [0, 0.05) is 5.54 Å². The van der Waals surface area contributed by atoms with Gasteiger partial charge in [0.25, 0.3) is 0 Å². The van der Waals surface area contributed by atoms with E-state index in [9.17, 15) is 4.79 Å². The third-order valence-electron chi connectivity index (χ3n) is 1.67. The molecule has 0 rings (SSSR count). The van der Waals surface area contributed by atoms with Gasteiger partial charge in [0.15, 0.2) is 0 Å². The first-order valence-corrected chi connectivity index (χ1v) is 4.04. The Kier molecular flexibility index (Phi) is 7.21. The van der Waals surface area contributed by atoms with Crippen LogP contribution in [0.25, 0.3) is 0 Å². The van der Waals surface area contributed by atoms with E-state index in [1.54, 1.807) is 20.8 Å². The van der Waals surface area contributed by atoms with Gasteiger partial charge in [-0.05, 0) is 20.3 Å². The zero-order valence-electron chi connectivity index (χ0n) is 8.20. The maximum absolute atomic E-state index is 10.6. The standard InChI is InChI=1S/C8H17NO3.ClH/c1-4-6(7(11)12)9-8(2,3)5-10;/h6,9-10H,4-5H2,1-3H3,(H,11,12);1H. The van der Waals surface area contributed by atoms with Crippen LogP contribution in [-0.4, -0.2) is 34.4 Å². The molecule has 0 aliphatic rings. The normalized spacial score (nSPS) is 13.2. The van der Waals surface area contributed by atoms with Crippen LogP contribution in [-0.2, 0) is 4.79 Å². The van der Waals surface area contributed by atoms with Gasteiger partial charge in [-0.3, -0.25) is 10.1 Å². The number of hydrogen-bond acceptors (Lipinski definition) is 3. The van der Waals surface area contributed by atoms with Crippen molar-refractivity contribution in [2.75, 3.05) is 6.61 Å². The van der Waals surface area contributed by atoms with E-state index < -0.39 is 17.6 Å². The Balaban J connectivity index is 0. The molecule has 1 atom stereocenters. The molecular weight excluding hydrogens is 194 g/mol. The van der Waals surface area contributed by atoms with E-state index in [0.717, 1.165) is 0 Å². The minimum Gasteiger partial charge on any atom is -0.480 e.